The van der Waals surface area contributed by atoms with E-state index in [-0.39, 0.29) is 6.54 Å². The van der Waals surface area contributed by atoms with Gasteiger partial charge in [0.05, 0.1) is 18.4 Å². The van der Waals surface area contributed by atoms with Crippen LogP contribution in [0.4, 0.5) is 0 Å². The van der Waals surface area contributed by atoms with Gasteiger partial charge in [-0.15, -0.1) is 0 Å². The Morgan fingerprint density at radius 2 is 1.46 bits per heavy atom. The quantitative estimate of drug-likeness (QED) is 0.598. The summed E-state index contributed by atoms with van der Waals surface area (Å²) in [5, 5.41) is 11.4. The van der Waals surface area contributed by atoms with Crippen molar-refractivity contribution in [2.24, 2.45) is 0 Å². The molecule has 0 fully saturated rings. The van der Waals surface area contributed by atoms with E-state index in [1.54, 1.807) is 12.3 Å². The number of amides is 1. The summed E-state index contributed by atoms with van der Waals surface area (Å²) in [4.78, 5) is 15.6. The van der Waals surface area contributed by atoms with Gasteiger partial charge in [-0.05, 0) is 11.1 Å². The number of aromatic nitrogens is 1. The van der Waals surface area contributed by atoms with Crippen LogP contribution in [0.3, 0.4) is 0 Å². The average Bonchev–Trinajstić information content (AvgIpc) is 2.76. The molecule has 0 unspecified atom stereocenters. The fourth-order valence-electron chi connectivity index (χ4n) is 2.50. The highest BCUT2D eigenvalue weighted by Gasteiger charge is 2.10. The predicted molar refractivity (Wildman–Crippen MR) is 105 cm³/mol. The Labute approximate surface area is 163 Å². The number of pyridine rings is 1. The van der Waals surface area contributed by atoms with Crippen LogP contribution >= 0.6 is 0 Å². The number of carbonyl (C=O) groups is 1. The van der Waals surface area contributed by atoms with E-state index >= 15 is 0 Å². The highest BCUT2D eigenvalue weighted by molar-refractivity contribution is 5.76. The summed E-state index contributed by atoms with van der Waals surface area (Å²) in [7, 11) is 0. The molecular formula is C22H22N2O4. The number of carbonyl (C=O) groups excluding carboxylic acids is 1. The van der Waals surface area contributed by atoms with E-state index in [0.717, 1.165) is 11.1 Å². The third-order valence-corrected chi connectivity index (χ3v) is 3.97. The van der Waals surface area contributed by atoms with Crippen LogP contribution in [-0.2, 0) is 24.6 Å². The van der Waals surface area contributed by atoms with Gasteiger partial charge in [0, 0.05) is 6.07 Å². The summed E-state index contributed by atoms with van der Waals surface area (Å²) in [6.45, 7) is 0.412. The molecule has 0 radical (unpaired) electrons. The molecule has 144 valence electrons. The van der Waals surface area contributed by atoms with Crippen LogP contribution in [0.5, 0.6) is 11.5 Å². The fourth-order valence-corrected chi connectivity index (χ4v) is 2.50. The predicted octanol–water partition coefficient (Wildman–Crippen LogP) is 2.85. The number of rotatable bonds is 9. The van der Waals surface area contributed by atoms with E-state index in [2.05, 4.69) is 10.3 Å². The Bertz CT molecular complexity index is 886. The zero-order valence-electron chi connectivity index (χ0n) is 15.4. The van der Waals surface area contributed by atoms with Crippen LogP contribution in [0, 0.1) is 0 Å². The maximum absolute atomic E-state index is 11.3. The Morgan fingerprint density at radius 1 is 0.893 bits per heavy atom. The molecule has 2 aromatic carbocycles. The molecule has 1 amide bonds. The summed E-state index contributed by atoms with van der Waals surface area (Å²) in [5.41, 5.74) is 2.68. The number of aliphatic hydroxyl groups excluding tert-OH is 1. The van der Waals surface area contributed by atoms with Gasteiger partial charge in [0.2, 0.25) is 5.91 Å². The first-order valence-electron chi connectivity index (χ1n) is 8.94. The molecular weight excluding hydrogens is 356 g/mol. The Balaban J connectivity index is 1.73. The summed E-state index contributed by atoms with van der Waals surface area (Å²) < 4.78 is 11.9. The first-order chi connectivity index (χ1) is 13.7. The van der Waals surface area contributed by atoms with Gasteiger partial charge in [-0.2, -0.15) is 0 Å². The molecule has 28 heavy (non-hydrogen) atoms. The molecule has 0 atom stereocenters. The first kappa shape index (κ1) is 19.4. The van der Waals surface area contributed by atoms with Crippen LogP contribution in [0.25, 0.3) is 0 Å². The second-order valence-electron chi connectivity index (χ2n) is 6.11. The van der Waals surface area contributed by atoms with Crippen LogP contribution in [-0.4, -0.2) is 22.6 Å². The minimum atomic E-state index is -0.560. The van der Waals surface area contributed by atoms with E-state index < -0.39 is 12.5 Å². The lowest BCUT2D eigenvalue weighted by atomic mass is 10.2. The molecule has 3 rings (SSSR count). The van der Waals surface area contributed by atoms with Crippen LogP contribution < -0.4 is 14.8 Å². The molecule has 0 saturated carbocycles. The molecule has 0 saturated heterocycles. The van der Waals surface area contributed by atoms with Crippen molar-refractivity contribution in [1.82, 2.24) is 10.3 Å². The summed E-state index contributed by atoms with van der Waals surface area (Å²) in [5.74, 6) is 0.609. The summed E-state index contributed by atoms with van der Waals surface area (Å²) in [6.07, 6.45) is 1.59. The molecule has 1 aromatic heterocycles. The molecule has 0 aliphatic rings. The topological polar surface area (TPSA) is 80.7 Å². The minimum absolute atomic E-state index is 0.194. The van der Waals surface area contributed by atoms with Crippen molar-refractivity contribution >= 4 is 5.91 Å². The van der Waals surface area contributed by atoms with Gasteiger partial charge in [-0.1, -0.05) is 60.7 Å². The average molecular weight is 378 g/mol. The van der Waals surface area contributed by atoms with Crippen molar-refractivity contribution in [2.75, 3.05) is 6.61 Å². The van der Waals surface area contributed by atoms with Crippen LogP contribution in [0.2, 0.25) is 0 Å². The largest absolute Gasteiger partial charge is 0.485 e. The van der Waals surface area contributed by atoms with Gasteiger partial charge in [0.1, 0.15) is 19.8 Å². The molecule has 6 nitrogen and oxygen atoms in total. The summed E-state index contributed by atoms with van der Waals surface area (Å²) >= 11 is 0. The molecule has 0 aliphatic carbocycles. The van der Waals surface area contributed by atoms with E-state index in [4.69, 9.17) is 14.6 Å². The number of nitrogens with zero attached hydrogens (tertiary/aromatic N) is 1. The zero-order valence-corrected chi connectivity index (χ0v) is 15.4. The number of hydrogen-bond donors (Lipinski definition) is 2. The maximum Gasteiger partial charge on any atom is 0.246 e. The van der Waals surface area contributed by atoms with Crippen molar-refractivity contribution in [2.45, 2.75) is 19.8 Å². The number of ether oxygens (including phenoxy) is 2. The molecule has 3 aromatic rings. The normalized spacial score (nSPS) is 10.3. The highest BCUT2D eigenvalue weighted by Crippen LogP contribution is 2.28. The van der Waals surface area contributed by atoms with Gasteiger partial charge >= 0.3 is 0 Å². The SMILES string of the molecule is O=C(CO)NCc1cc(OCc2ccccc2)c(OCc2ccccc2)cn1. The third kappa shape index (κ3) is 5.82. The van der Waals surface area contributed by atoms with Gasteiger partial charge in [-0.3, -0.25) is 9.78 Å². The Kier molecular flexibility index (Phi) is 6.98. The number of hydrogen-bond acceptors (Lipinski definition) is 5. The monoisotopic (exact) mass is 378 g/mol. The number of nitrogens with one attached hydrogen (secondary N) is 1. The highest BCUT2D eigenvalue weighted by atomic mass is 16.5. The number of aliphatic hydroxyl groups is 1. The van der Waals surface area contributed by atoms with Gasteiger partial charge < -0.3 is 19.9 Å². The Hall–Kier alpha value is -3.38. The van der Waals surface area contributed by atoms with Crippen molar-refractivity contribution in [3.8, 4) is 11.5 Å². The second-order valence-corrected chi connectivity index (χ2v) is 6.11. The molecule has 6 heteroatoms. The van der Waals surface area contributed by atoms with Crippen molar-refractivity contribution < 1.29 is 19.4 Å². The second kappa shape index (κ2) is 10.1. The third-order valence-electron chi connectivity index (χ3n) is 3.97. The smallest absolute Gasteiger partial charge is 0.246 e. The van der Waals surface area contributed by atoms with Crippen molar-refractivity contribution in [1.29, 1.82) is 0 Å². The molecule has 0 bridgehead atoms. The zero-order chi connectivity index (χ0) is 19.6. The van der Waals surface area contributed by atoms with Gasteiger partial charge in [0.15, 0.2) is 11.5 Å². The van der Waals surface area contributed by atoms with Crippen molar-refractivity contribution in [3.05, 3.63) is 89.7 Å². The Morgan fingerprint density at radius 3 is 2.04 bits per heavy atom. The lowest BCUT2D eigenvalue weighted by molar-refractivity contribution is -0.124. The molecule has 1 heterocycles. The number of benzene rings is 2. The van der Waals surface area contributed by atoms with E-state index in [9.17, 15) is 4.79 Å². The maximum atomic E-state index is 11.3. The van der Waals surface area contributed by atoms with Crippen molar-refractivity contribution in [3.63, 3.8) is 0 Å². The first-order valence-corrected chi connectivity index (χ1v) is 8.94. The lowest BCUT2D eigenvalue weighted by Gasteiger charge is -2.14. The lowest BCUT2D eigenvalue weighted by Crippen LogP contribution is -2.26. The van der Waals surface area contributed by atoms with Gasteiger partial charge in [0.25, 0.3) is 0 Å². The molecule has 0 spiro atoms. The molecule has 0 aliphatic heterocycles. The van der Waals surface area contributed by atoms with Crippen LogP contribution in [0.15, 0.2) is 72.9 Å². The molecule has 2 N–H and O–H groups in total. The minimum Gasteiger partial charge on any atom is -0.485 e. The van der Waals surface area contributed by atoms with E-state index in [0.29, 0.717) is 30.4 Å². The van der Waals surface area contributed by atoms with E-state index in [1.807, 2.05) is 60.7 Å². The summed E-state index contributed by atoms with van der Waals surface area (Å²) in [6, 6.07) is 21.4. The van der Waals surface area contributed by atoms with E-state index in [1.165, 1.54) is 0 Å². The standard InChI is InChI=1S/C22H22N2O4/c25-14-22(26)24-12-19-11-20(27-15-17-7-3-1-4-8-17)21(13-23-19)28-16-18-9-5-2-6-10-18/h1-11,13,25H,12,14-16H2,(H,24,26). The van der Waals surface area contributed by atoms with Crippen LogP contribution in [0.1, 0.15) is 16.8 Å². The fraction of sp³-hybridized carbons (Fsp3) is 0.182. The van der Waals surface area contributed by atoms with Gasteiger partial charge in [-0.25, -0.2) is 0 Å².